The van der Waals surface area contributed by atoms with Crippen LogP contribution in [0.4, 0.5) is 0 Å². The van der Waals surface area contributed by atoms with Gasteiger partial charge in [-0.2, -0.15) is 0 Å². The maximum Gasteiger partial charge on any atom is 0.220 e. The van der Waals surface area contributed by atoms with Crippen LogP contribution in [-0.2, 0) is 16.0 Å². The topological polar surface area (TPSA) is 60.0 Å². The average molecular weight is 445 g/mol. The maximum absolute atomic E-state index is 12.7. The number of nitrogens with zero attached hydrogens (tertiary/aromatic N) is 1. The summed E-state index contributed by atoms with van der Waals surface area (Å²) in [6.07, 6.45) is 11.0. The normalized spacial score (nSPS) is 20.2. The lowest BCUT2D eigenvalue weighted by Gasteiger charge is -2.25. The van der Waals surface area contributed by atoms with Gasteiger partial charge in [-0.25, -0.2) is 0 Å². The fourth-order valence-corrected chi connectivity index (χ4v) is 5.17. The van der Waals surface area contributed by atoms with Crippen LogP contribution in [0, 0.1) is 5.92 Å². The van der Waals surface area contributed by atoms with E-state index in [-0.39, 0.29) is 11.9 Å². The highest BCUT2D eigenvalue weighted by Crippen LogP contribution is 2.31. The van der Waals surface area contributed by atoms with E-state index in [1.54, 1.807) is 0 Å². The van der Waals surface area contributed by atoms with Crippen molar-refractivity contribution in [1.82, 2.24) is 10.2 Å². The number of ether oxygens (including phenoxy) is 3. The van der Waals surface area contributed by atoms with Crippen LogP contribution < -0.4 is 14.8 Å². The summed E-state index contributed by atoms with van der Waals surface area (Å²) in [5.41, 5.74) is 1.19. The summed E-state index contributed by atoms with van der Waals surface area (Å²) in [5, 5.41) is 3.34. The van der Waals surface area contributed by atoms with E-state index in [1.807, 2.05) is 6.07 Å². The molecule has 1 amide bonds. The molecule has 2 fully saturated rings. The van der Waals surface area contributed by atoms with E-state index in [0.29, 0.717) is 19.6 Å². The predicted molar refractivity (Wildman–Crippen MR) is 125 cm³/mol. The monoisotopic (exact) mass is 444 g/mol. The van der Waals surface area contributed by atoms with Gasteiger partial charge in [0.2, 0.25) is 5.91 Å². The molecule has 4 rings (SSSR count). The second-order valence-electron chi connectivity index (χ2n) is 9.61. The lowest BCUT2D eigenvalue weighted by atomic mass is 9.93. The van der Waals surface area contributed by atoms with Crippen molar-refractivity contribution in [3.63, 3.8) is 0 Å². The van der Waals surface area contributed by atoms with E-state index >= 15 is 0 Å². The van der Waals surface area contributed by atoms with Gasteiger partial charge < -0.3 is 24.4 Å². The Morgan fingerprint density at radius 1 is 1.00 bits per heavy atom. The van der Waals surface area contributed by atoms with E-state index in [9.17, 15) is 4.79 Å². The van der Waals surface area contributed by atoms with Crippen molar-refractivity contribution in [3.8, 4) is 11.5 Å². The molecule has 3 aliphatic rings. The third-order valence-corrected chi connectivity index (χ3v) is 6.99. The Bertz CT molecular complexity index is 714. The second kappa shape index (κ2) is 12.4. The molecule has 1 aromatic rings. The van der Waals surface area contributed by atoms with Crippen LogP contribution in [0.15, 0.2) is 18.2 Å². The Kier molecular flexibility index (Phi) is 9.09. The van der Waals surface area contributed by atoms with E-state index in [4.69, 9.17) is 14.2 Å². The molecule has 3 heterocycles. The molecule has 0 aliphatic carbocycles. The Morgan fingerprint density at radius 2 is 1.78 bits per heavy atom. The number of unbranched alkanes of at least 4 members (excludes halogenated alkanes) is 2. The van der Waals surface area contributed by atoms with Gasteiger partial charge in [0.05, 0.1) is 0 Å². The minimum atomic E-state index is 0.130. The minimum Gasteiger partial charge on any atom is -0.486 e. The zero-order valence-corrected chi connectivity index (χ0v) is 19.5. The molecule has 0 aromatic heterocycles. The molecule has 2 saturated heterocycles. The highest BCUT2D eigenvalue weighted by molar-refractivity contribution is 5.76. The smallest absolute Gasteiger partial charge is 0.220 e. The molecular formula is C26H40N2O4. The van der Waals surface area contributed by atoms with Crippen LogP contribution in [0.2, 0.25) is 0 Å². The number of likely N-dealkylation sites (tertiary alicyclic amines) is 1. The molecule has 0 spiro atoms. The van der Waals surface area contributed by atoms with Gasteiger partial charge in [-0.15, -0.1) is 0 Å². The van der Waals surface area contributed by atoms with Crippen LogP contribution in [0.1, 0.15) is 63.4 Å². The summed E-state index contributed by atoms with van der Waals surface area (Å²) >= 11 is 0. The van der Waals surface area contributed by atoms with Crippen molar-refractivity contribution >= 4 is 5.91 Å². The van der Waals surface area contributed by atoms with E-state index in [2.05, 4.69) is 22.3 Å². The second-order valence-corrected chi connectivity index (χ2v) is 9.61. The Balaban J connectivity index is 1.23. The lowest BCUT2D eigenvalue weighted by Crippen LogP contribution is -2.44. The molecule has 1 aromatic carbocycles. The molecule has 1 N–H and O–H groups in total. The first-order chi connectivity index (χ1) is 15.8. The number of amides is 1. The summed E-state index contributed by atoms with van der Waals surface area (Å²) in [5.74, 6) is 2.66. The molecule has 32 heavy (non-hydrogen) atoms. The van der Waals surface area contributed by atoms with Gasteiger partial charge in [0.25, 0.3) is 0 Å². The first-order valence-corrected chi connectivity index (χ1v) is 12.7. The van der Waals surface area contributed by atoms with Gasteiger partial charge in [-0.05, 0) is 75.2 Å². The fraction of sp³-hybridized carbons (Fsp3) is 0.731. The first kappa shape index (κ1) is 23.4. The van der Waals surface area contributed by atoms with Gasteiger partial charge in [0.15, 0.2) is 11.5 Å². The van der Waals surface area contributed by atoms with Crippen molar-refractivity contribution in [2.75, 3.05) is 46.1 Å². The number of benzene rings is 1. The van der Waals surface area contributed by atoms with E-state index in [0.717, 1.165) is 69.5 Å². The largest absolute Gasteiger partial charge is 0.486 e. The number of hydrogen-bond acceptors (Lipinski definition) is 5. The zero-order chi connectivity index (χ0) is 22.0. The molecule has 0 bridgehead atoms. The summed E-state index contributed by atoms with van der Waals surface area (Å²) in [7, 11) is 0. The molecule has 0 radical (unpaired) electrons. The molecule has 6 heteroatoms. The fourth-order valence-electron chi connectivity index (χ4n) is 5.17. The van der Waals surface area contributed by atoms with Gasteiger partial charge in [0, 0.05) is 32.2 Å². The molecule has 0 unspecified atom stereocenters. The predicted octanol–water partition coefficient (Wildman–Crippen LogP) is 3.96. The number of carbonyl (C=O) groups is 1. The maximum atomic E-state index is 12.7. The number of carbonyl (C=O) groups excluding carboxylic acids is 1. The van der Waals surface area contributed by atoms with Crippen molar-refractivity contribution < 1.29 is 19.0 Å². The molecule has 3 aliphatic heterocycles. The lowest BCUT2D eigenvalue weighted by molar-refractivity contribution is -0.122. The van der Waals surface area contributed by atoms with Crippen molar-refractivity contribution in [2.45, 2.75) is 70.3 Å². The van der Waals surface area contributed by atoms with Crippen molar-refractivity contribution in [1.29, 1.82) is 0 Å². The minimum absolute atomic E-state index is 0.130. The van der Waals surface area contributed by atoms with Gasteiger partial charge in [-0.1, -0.05) is 25.3 Å². The number of fused-ring (bicyclic) bond motifs is 1. The van der Waals surface area contributed by atoms with E-state index in [1.165, 1.54) is 44.1 Å². The van der Waals surface area contributed by atoms with E-state index < -0.39 is 0 Å². The number of rotatable bonds is 11. The average Bonchev–Trinajstić information content (AvgIpc) is 3.32. The number of nitrogens with one attached hydrogen (secondary N) is 1. The zero-order valence-electron chi connectivity index (χ0n) is 19.5. The van der Waals surface area contributed by atoms with Crippen LogP contribution in [0.3, 0.4) is 0 Å². The SMILES string of the molecule is O=C(CCCCCC1CCOCC1)N[C@@H](Cc1ccc2c(c1)OCCO2)CN1CCCC1. The van der Waals surface area contributed by atoms with Crippen LogP contribution >= 0.6 is 0 Å². The third kappa shape index (κ3) is 7.38. The first-order valence-electron chi connectivity index (χ1n) is 12.7. The molecule has 1 atom stereocenters. The van der Waals surface area contributed by atoms with Crippen LogP contribution in [0.5, 0.6) is 11.5 Å². The summed E-state index contributed by atoms with van der Waals surface area (Å²) in [6, 6.07) is 6.31. The third-order valence-electron chi connectivity index (χ3n) is 6.99. The van der Waals surface area contributed by atoms with Gasteiger partial charge in [-0.3, -0.25) is 4.79 Å². The Morgan fingerprint density at radius 3 is 2.59 bits per heavy atom. The van der Waals surface area contributed by atoms with Gasteiger partial charge >= 0.3 is 0 Å². The Labute approximate surface area is 193 Å². The molecule has 6 nitrogen and oxygen atoms in total. The van der Waals surface area contributed by atoms with Crippen LogP contribution in [0.25, 0.3) is 0 Å². The van der Waals surface area contributed by atoms with Crippen molar-refractivity contribution in [3.05, 3.63) is 23.8 Å². The summed E-state index contributed by atoms with van der Waals surface area (Å²) in [6.45, 7) is 6.25. The van der Waals surface area contributed by atoms with Crippen LogP contribution in [-0.4, -0.2) is 62.9 Å². The quantitative estimate of drug-likeness (QED) is 0.524. The van der Waals surface area contributed by atoms with Gasteiger partial charge in [0.1, 0.15) is 13.2 Å². The molecular weight excluding hydrogens is 404 g/mol. The number of hydrogen-bond donors (Lipinski definition) is 1. The Hall–Kier alpha value is -1.79. The van der Waals surface area contributed by atoms with Crippen molar-refractivity contribution in [2.24, 2.45) is 5.92 Å². The highest BCUT2D eigenvalue weighted by Gasteiger charge is 2.21. The molecule has 0 saturated carbocycles. The highest BCUT2D eigenvalue weighted by atomic mass is 16.6. The molecule has 178 valence electrons. The summed E-state index contributed by atoms with van der Waals surface area (Å²) in [4.78, 5) is 15.2. The summed E-state index contributed by atoms with van der Waals surface area (Å²) < 4.78 is 16.8. The standard InChI is InChI=1S/C26H40N2O4/c29-26(7-3-1-2-6-21-10-14-30-15-11-21)27-23(20-28-12-4-5-13-28)18-22-8-9-24-25(19-22)32-17-16-31-24/h8-9,19,21,23H,1-7,10-18,20H2,(H,27,29)/t23-/m0/s1.